The number of amides is 2. The Bertz CT molecular complexity index is 1120. The van der Waals surface area contributed by atoms with Crippen LogP contribution in [0.1, 0.15) is 36.8 Å². The van der Waals surface area contributed by atoms with E-state index in [0.717, 1.165) is 16.9 Å². The van der Waals surface area contributed by atoms with Crippen LogP contribution in [-0.4, -0.2) is 72.0 Å². The van der Waals surface area contributed by atoms with Gasteiger partial charge in [0.2, 0.25) is 11.8 Å². The fourth-order valence-corrected chi connectivity index (χ4v) is 5.14. The summed E-state index contributed by atoms with van der Waals surface area (Å²) in [6.45, 7) is 2.19. The summed E-state index contributed by atoms with van der Waals surface area (Å²) in [7, 11) is 1.61. The lowest BCUT2D eigenvalue weighted by Gasteiger charge is -2.41. The number of aliphatic hydroxyl groups is 2. The van der Waals surface area contributed by atoms with Gasteiger partial charge in [0.25, 0.3) is 0 Å². The highest BCUT2D eigenvalue weighted by Gasteiger charge is 2.50. The van der Waals surface area contributed by atoms with Gasteiger partial charge in [-0.1, -0.05) is 43.3 Å². The number of hydrogen-bond acceptors (Lipinski definition) is 6. The average Bonchev–Trinajstić information content (AvgIpc) is 3.29. The molecule has 0 spiro atoms. The molecule has 2 aliphatic rings. The molecule has 0 unspecified atom stereocenters. The summed E-state index contributed by atoms with van der Waals surface area (Å²) in [5.41, 5.74) is 2.21. The topological polar surface area (TPSA) is 108 Å². The monoisotopic (exact) mass is 494 g/mol. The lowest BCUT2D eigenvalue weighted by atomic mass is 9.77. The van der Waals surface area contributed by atoms with Crippen LogP contribution in [0.4, 0.5) is 0 Å². The fourth-order valence-electron chi connectivity index (χ4n) is 5.14. The number of nitrogens with one attached hydrogen (secondary N) is 1. The Kier molecular flexibility index (Phi) is 8.28. The number of carbonyl (C=O) groups is 2. The van der Waals surface area contributed by atoms with Gasteiger partial charge in [0.15, 0.2) is 0 Å². The van der Waals surface area contributed by atoms with E-state index in [1.165, 1.54) is 0 Å². The van der Waals surface area contributed by atoms with Crippen molar-refractivity contribution in [2.75, 3.05) is 26.8 Å². The maximum absolute atomic E-state index is 13.3. The van der Waals surface area contributed by atoms with Crippen LogP contribution in [0, 0.1) is 0 Å². The Morgan fingerprint density at radius 1 is 1.14 bits per heavy atom. The van der Waals surface area contributed by atoms with E-state index in [1.807, 2.05) is 55.5 Å². The Balaban J connectivity index is 1.70. The number of hydrogen-bond donors (Lipinski definition) is 3. The molecule has 8 heteroatoms. The summed E-state index contributed by atoms with van der Waals surface area (Å²) in [6, 6.07) is 14.3. The minimum absolute atomic E-state index is 0.100. The summed E-state index contributed by atoms with van der Waals surface area (Å²) < 4.78 is 11.6. The third kappa shape index (κ3) is 5.10. The molecular weight excluding hydrogens is 460 g/mol. The number of rotatable bonds is 10. The first-order valence-electron chi connectivity index (χ1n) is 12.5. The SMILES string of the molecule is CCCC(=O)N(CCc1ccccc1OC)[C@@H]1C=C(C(=O)NCCO)[C@@H]2c3ccccc3O[C@@H]2[C@H]1O. The normalized spacial score (nSPS) is 22.1. The van der Waals surface area contributed by atoms with E-state index in [-0.39, 0.29) is 25.0 Å². The number of fused-ring (bicyclic) bond motifs is 3. The molecule has 4 rings (SSSR count). The van der Waals surface area contributed by atoms with Gasteiger partial charge in [-0.15, -0.1) is 0 Å². The molecule has 0 radical (unpaired) electrons. The van der Waals surface area contributed by atoms with Gasteiger partial charge >= 0.3 is 0 Å². The molecule has 3 N–H and O–H groups in total. The smallest absolute Gasteiger partial charge is 0.247 e. The molecule has 0 saturated heterocycles. The van der Waals surface area contributed by atoms with E-state index < -0.39 is 24.2 Å². The van der Waals surface area contributed by atoms with E-state index in [4.69, 9.17) is 9.47 Å². The molecule has 1 heterocycles. The van der Waals surface area contributed by atoms with E-state index in [0.29, 0.717) is 37.1 Å². The lowest BCUT2D eigenvalue weighted by molar-refractivity contribution is -0.137. The van der Waals surface area contributed by atoms with Crippen molar-refractivity contribution in [3.8, 4) is 11.5 Å². The van der Waals surface area contributed by atoms with Gasteiger partial charge in [0.05, 0.1) is 25.7 Å². The van der Waals surface area contributed by atoms with Crippen LogP contribution >= 0.6 is 0 Å². The van der Waals surface area contributed by atoms with Crippen LogP contribution in [0.2, 0.25) is 0 Å². The van der Waals surface area contributed by atoms with Crippen LogP contribution in [0.15, 0.2) is 60.2 Å². The Labute approximate surface area is 211 Å². The minimum atomic E-state index is -1.03. The molecule has 0 bridgehead atoms. The van der Waals surface area contributed by atoms with Crippen molar-refractivity contribution >= 4 is 11.8 Å². The van der Waals surface area contributed by atoms with Crippen LogP contribution in [0.25, 0.3) is 0 Å². The number of benzene rings is 2. The molecule has 4 atom stereocenters. The predicted molar refractivity (Wildman–Crippen MR) is 135 cm³/mol. The number of methoxy groups -OCH3 is 1. The third-order valence-corrected chi connectivity index (χ3v) is 6.84. The number of para-hydroxylation sites is 2. The highest BCUT2D eigenvalue weighted by Crippen LogP contribution is 2.47. The van der Waals surface area contributed by atoms with Gasteiger partial charge in [-0.3, -0.25) is 9.59 Å². The molecule has 8 nitrogen and oxygen atoms in total. The van der Waals surface area contributed by atoms with Crippen molar-refractivity contribution < 1.29 is 29.3 Å². The molecule has 2 aromatic rings. The largest absolute Gasteiger partial charge is 0.496 e. The van der Waals surface area contributed by atoms with Crippen molar-refractivity contribution in [3.05, 3.63) is 71.3 Å². The van der Waals surface area contributed by atoms with Gasteiger partial charge in [-0.2, -0.15) is 0 Å². The first-order chi connectivity index (χ1) is 17.5. The Hall–Kier alpha value is -3.36. The fraction of sp³-hybridized carbons (Fsp3) is 0.429. The quantitative estimate of drug-likeness (QED) is 0.467. The van der Waals surface area contributed by atoms with Crippen LogP contribution in [0.3, 0.4) is 0 Å². The summed E-state index contributed by atoms with van der Waals surface area (Å²) in [5, 5.41) is 23.5. The molecule has 36 heavy (non-hydrogen) atoms. The maximum Gasteiger partial charge on any atom is 0.247 e. The first kappa shape index (κ1) is 25.7. The molecule has 2 amide bonds. The second kappa shape index (κ2) is 11.6. The average molecular weight is 495 g/mol. The summed E-state index contributed by atoms with van der Waals surface area (Å²) in [5.74, 6) is 0.441. The summed E-state index contributed by atoms with van der Waals surface area (Å²) in [6.07, 6.45) is 1.47. The first-order valence-corrected chi connectivity index (χ1v) is 12.5. The molecule has 2 aromatic carbocycles. The van der Waals surface area contributed by atoms with Gasteiger partial charge < -0.3 is 29.9 Å². The molecular formula is C28H34N2O6. The molecule has 0 saturated carbocycles. The van der Waals surface area contributed by atoms with Crippen LogP contribution in [0.5, 0.6) is 11.5 Å². The minimum Gasteiger partial charge on any atom is -0.496 e. The second-order valence-corrected chi connectivity index (χ2v) is 9.08. The number of carbonyl (C=O) groups excluding carboxylic acids is 2. The Morgan fingerprint density at radius 2 is 1.89 bits per heavy atom. The molecule has 192 valence electrons. The molecule has 1 aliphatic heterocycles. The van der Waals surface area contributed by atoms with Gasteiger partial charge in [-0.25, -0.2) is 0 Å². The molecule has 0 aromatic heterocycles. The van der Waals surface area contributed by atoms with Crippen molar-refractivity contribution in [3.63, 3.8) is 0 Å². The van der Waals surface area contributed by atoms with Crippen LogP contribution < -0.4 is 14.8 Å². The molecule has 0 fully saturated rings. The lowest BCUT2D eigenvalue weighted by Crippen LogP contribution is -2.56. The zero-order chi connectivity index (χ0) is 25.7. The van der Waals surface area contributed by atoms with Gasteiger partial charge in [0, 0.05) is 30.6 Å². The van der Waals surface area contributed by atoms with Crippen LogP contribution in [-0.2, 0) is 16.0 Å². The summed E-state index contributed by atoms with van der Waals surface area (Å²) >= 11 is 0. The summed E-state index contributed by atoms with van der Waals surface area (Å²) in [4.78, 5) is 28.2. The van der Waals surface area contributed by atoms with Crippen molar-refractivity contribution in [1.29, 1.82) is 0 Å². The zero-order valence-corrected chi connectivity index (χ0v) is 20.7. The number of nitrogens with zero attached hydrogens (tertiary/aromatic N) is 1. The zero-order valence-electron chi connectivity index (χ0n) is 20.7. The highest BCUT2D eigenvalue weighted by molar-refractivity contribution is 5.96. The predicted octanol–water partition coefficient (Wildman–Crippen LogP) is 2.19. The van der Waals surface area contributed by atoms with E-state index in [9.17, 15) is 19.8 Å². The second-order valence-electron chi connectivity index (χ2n) is 9.08. The van der Waals surface area contributed by atoms with Gasteiger partial charge in [-0.05, 0) is 36.6 Å². The van der Waals surface area contributed by atoms with E-state index >= 15 is 0 Å². The number of ether oxygens (including phenoxy) is 2. The third-order valence-electron chi connectivity index (χ3n) is 6.84. The van der Waals surface area contributed by atoms with Crippen molar-refractivity contribution in [1.82, 2.24) is 10.2 Å². The van der Waals surface area contributed by atoms with Crippen molar-refractivity contribution in [2.45, 2.75) is 50.4 Å². The highest BCUT2D eigenvalue weighted by atomic mass is 16.5. The Morgan fingerprint density at radius 3 is 2.64 bits per heavy atom. The molecule has 1 aliphatic carbocycles. The van der Waals surface area contributed by atoms with E-state index in [1.54, 1.807) is 18.1 Å². The number of aliphatic hydroxyl groups excluding tert-OH is 2. The maximum atomic E-state index is 13.3. The van der Waals surface area contributed by atoms with Crippen molar-refractivity contribution in [2.24, 2.45) is 0 Å². The van der Waals surface area contributed by atoms with E-state index in [2.05, 4.69) is 5.32 Å². The van der Waals surface area contributed by atoms with Gasteiger partial charge in [0.1, 0.15) is 23.7 Å². The standard InChI is InChI=1S/C28H34N2O6/c1-3-8-24(32)30(15-13-18-9-4-6-11-22(18)35-2)21-17-20(28(34)29-14-16-31)25-19-10-5-7-12-23(19)36-27(25)26(21)33/h4-7,9-12,17,21,25-27,31,33H,3,8,13-16H2,1-2H3,(H,29,34)/t21-,25+,26+,27+/m1/s1.